The van der Waals surface area contributed by atoms with Crippen LogP contribution in [0.25, 0.3) is 0 Å². The fourth-order valence-corrected chi connectivity index (χ4v) is 2.11. The molecule has 0 bridgehead atoms. The van der Waals surface area contributed by atoms with Crippen molar-refractivity contribution in [1.29, 1.82) is 0 Å². The maximum atomic E-state index is 11.6. The van der Waals surface area contributed by atoms with Crippen molar-refractivity contribution in [3.8, 4) is 0 Å². The number of carbonyl (C=O) groups excluding carboxylic acids is 1. The monoisotopic (exact) mass is 299 g/mol. The van der Waals surface area contributed by atoms with E-state index in [2.05, 4.69) is 4.90 Å². The van der Waals surface area contributed by atoms with E-state index in [-0.39, 0.29) is 23.7 Å². The van der Waals surface area contributed by atoms with Crippen LogP contribution in [0.1, 0.15) is 60.8 Å². The first-order valence-electron chi connectivity index (χ1n) is 7.97. The van der Waals surface area contributed by atoms with Gasteiger partial charge in [0.1, 0.15) is 12.8 Å². The van der Waals surface area contributed by atoms with Crippen molar-refractivity contribution < 1.29 is 14.3 Å². The molecule has 0 N–H and O–H groups in total. The quantitative estimate of drug-likeness (QED) is 0.720. The zero-order valence-corrected chi connectivity index (χ0v) is 14.8. The average Bonchev–Trinajstić information content (AvgIpc) is 2.86. The van der Waals surface area contributed by atoms with Gasteiger partial charge in [-0.3, -0.25) is 4.79 Å². The summed E-state index contributed by atoms with van der Waals surface area (Å²) < 4.78 is 11.1. The van der Waals surface area contributed by atoms with Gasteiger partial charge < -0.3 is 14.4 Å². The zero-order chi connectivity index (χ0) is 16.5. The third-order valence-electron chi connectivity index (χ3n) is 3.03. The topological polar surface area (TPSA) is 38.8 Å². The summed E-state index contributed by atoms with van der Waals surface area (Å²) in [5.74, 6) is -0.138. The minimum Gasteiger partial charge on any atom is -0.463 e. The molecule has 124 valence electrons. The summed E-state index contributed by atoms with van der Waals surface area (Å²) in [7, 11) is 2.00. The number of allylic oxidation sites excluding steroid dienone is 1. The van der Waals surface area contributed by atoms with Gasteiger partial charge in [-0.05, 0) is 31.4 Å². The Balaban J connectivity index is 0.00000191. The van der Waals surface area contributed by atoms with Crippen molar-refractivity contribution in [2.45, 2.75) is 73.1 Å². The third kappa shape index (κ3) is 8.76. The smallest absolute Gasteiger partial charge is 0.306 e. The van der Waals surface area contributed by atoms with Crippen LogP contribution in [0.3, 0.4) is 0 Å². The predicted octanol–water partition coefficient (Wildman–Crippen LogP) is 3.96. The van der Waals surface area contributed by atoms with E-state index in [0.717, 1.165) is 12.8 Å². The van der Waals surface area contributed by atoms with Gasteiger partial charge >= 0.3 is 5.97 Å². The Kier molecular flexibility index (Phi) is 9.34. The molecule has 0 amide bonds. The standard InChI is InChI=1S/C15H27NO3.C2H6/c1-6-9-16(5)13-8-7-12(19-13)11-18-14(17)10-15(2,3)4;1-2/h6,9,12-13H,7-8,10-11H2,1-5H3;1-2H3/b9-6-;. The highest BCUT2D eigenvalue weighted by atomic mass is 16.6. The summed E-state index contributed by atoms with van der Waals surface area (Å²) in [6.07, 6.45) is 6.47. The van der Waals surface area contributed by atoms with E-state index in [1.807, 2.05) is 60.9 Å². The average molecular weight is 299 g/mol. The number of carbonyl (C=O) groups is 1. The molecule has 1 saturated heterocycles. The Hall–Kier alpha value is -1.03. The molecule has 1 heterocycles. The van der Waals surface area contributed by atoms with E-state index in [1.165, 1.54) is 0 Å². The Morgan fingerprint density at radius 3 is 2.48 bits per heavy atom. The summed E-state index contributed by atoms with van der Waals surface area (Å²) in [6, 6.07) is 0. The van der Waals surface area contributed by atoms with E-state index in [0.29, 0.717) is 13.0 Å². The molecule has 0 aliphatic carbocycles. The zero-order valence-electron chi connectivity index (χ0n) is 14.8. The van der Waals surface area contributed by atoms with Crippen molar-refractivity contribution in [2.75, 3.05) is 13.7 Å². The third-order valence-corrected chi connectivity index (χ3v) is 3.03. The van der Waals surface area contributed by atoms with Crippen LogP contribution in [0.2, 0.25) is 0 Å². The first-order chi connectivity index (χ1) is 9.81. The predicted molar refractivity (Wildman–Crippen MR) is 86.9 cm³/mol. The molecule has 0 aromatic rings. The lowest BCUT2D eigenvalue weighted by molar-refractivity contribution is -0.150. The van der Waals surface area contributed by atoms with E-state index < -0.39 is 0 Å². The SMILES string of the molecule is C/C=C\N(C)C1CCC(COC(=O)CC(C)(C)C)O1.CC. The minimum atomic E-state index is -0.138. The van der Waals surface area contributed by atoms with Crippen LogP contribution < -0.4 is 0 Å². The fourth-order valence-electron chi connectivity index (χ4n) is 2.11. The van der Waals surface area contributed by atoms with Gasteiger partial charge in [-0.25, -0.2) is 0 Å². The largest absolute Gasteiger partial charge is 0.463 e. The maximum Gasteiger partial charge on any atom is 0.306 e. The van der Waals surface area contributed by atoms with Crippen LogP contribution in [0.5, 0.6) is 0 Å². The van der Waals surface area contributed by atoms with Gasteiger partial charge in [0, 0.05) is 7.05 Å². The van der Waals surface area contributed by atoms with Gasteiger partial charge in [-0.15, -0.1) is 0 Å². The van der Waals surface area contributed by atoms with Crippen LogP contribution in [0.15, 0.2) is 12.3 Å². The lowest BCUT2D eigenvalue weighted by Gasteiger charge is -2.23. The normalized spacial score (nSPS) is 21.9. The van der Waals surface area contributed by atoms with E-state index in [9.17, 15) is 4.79 Å². The number of esters is 1. The second-order valence-electron chi connectivity index (χ2n) is 6.36. The molecular weight excluding hydrogens is 266 g/mol. The second kappa shape index (κ2) is 9.82. The summed E-state index contributed by atoms with van der Waals surface area (Å²) >= 11 is 0. The van der Waals surface area contributed by atoms with Gasteiger partial charge in [0.2, 0.25) is 0 Å². The van der Waals surface area contributed by atoms with Crippen LogP contribution in [-0.4, -0.2) is 36.9 Å². The maximum absolute atomic E-state index is 11.6. The highest BCUT2D eigenvalue weighted by Crippen LogP contribution is 2.23. The number of nitrogens with zero attached hydrogens (tertiary/aromatic N) is 1. The van der Waals surface area contributed by atoms with E-state index >= 15 is 0 Å². The lowest BCUT2D eigenvalue weighted by atomic mass is 9.92. The Labute approximate surface area is 130 Å². The molecule has 0 spiro atoms. The van der Waals surface area contributed by atoms with Gasteiger partial charge in [0.15, 0.2) is 0 Å². The summed E-state index contributed by atoms with van der Waals surface area (Å²) in [5, 5.41) is 0. The van der Waals surface area contributed by atoms with Gasteiger partial charge in [-0.1, -0.05) is 40.7 Å². The molecular formula is C17H33NO3. The molecule has 0 saturated carbocycles. The van der Waals surface area contributed by atoms with Crippen molar-refractivity contribution >= 4 is 5.97 Å². The van der Waals surface area contributed by atoms with Crippen LogP contribution >= 0.6 is 0 Å². The van der Waals surface area contributed by atoms with Gasteiger partial charge in [0.25, 0.3) is 0 Å². The fraction of sp³-hybridized carbons (Fsp3) is 0.824. The van der Waals surface area contributed by atoms with Crippen molar-refractivity contribution in [1.82, 2.24) is 4.90 Å². The molecule has 21 heavy (non-hydrogen) atoms. The molecule has 1 aliphatic rings. The highest BCUT2D eigenvalue weighted by molar-refractivity contribution is 5.70. The summed E-state index contributed by atoms with van der Waals surface area (Å²) in [6.45, 7) is 12.4. The molecule has 1 fully saturated rings. The molecule has 0 aromatic heterocycles. The number of ether oxygens (including phenoxy) is 2. The first kappa shape index (κ1) is 20.0. The Bertz CT molecular complexity index is 320. The summed E-state index contributed by atoms with van der Waals surface area (Å²) in [4.78, 5) is 13.7. The van der Waals surface area contributed by atoms with E-state index in [4.69, 9.17) is 9.47 Å². The Morgan fingerprint density at radius 1 is 1.33 bits per heavy atom. The van der Waals surface area contributed by atoms with Crippen LogP contribution in [0.4, 0.5) is 0 Å². The molecule has 1 aliphatic heterocycles. The van der Waals surface area contributed by atoms with Crippen molar-refractivity contribution in [2.24, 2.45) is 5.41 Å². The minimum absolute atomic E-state index is 0.0255. The molecule has 1 rings (SSSR count). The lowest BCUT2D eigenvalue weighted by Crippen LogP contribution is -2.28. The molecule has 2 atom stereocenters. The van der Waals surface area contributed by atoms with Crippen LogP contribution in [0, 0.1) is 5.41 Å². The number of hydrogen-bond acceptors (Lipinski definition) is 4. The Morgan fingerprint density at radius 2 is 1.95 bits per heavy atom. The summed E-state index contributed by atoms with van der Waals surface area (Å²) in [5.41, 5.74) is -0.0255. The molecule has 2 unspecified atom stereocenters. The molecule has 4 nitrogen and oxygen atoms in total. The van der Waals surface area contributed by atoms with Crippen molar-refractivity contribution in [3.05, 3.63) is 12.3 Å². The second-order valence-corrected chi connectivity index (χ2v) is 6.36. The van der Waals surface area contributed by atoms with Gasteiger partial charge in [0.05, 0.1) is 12.5 Å². The van der Waals surface area contributed by atoms with Crippen molar-refractivity contribution in [3.63, 3.8) is 0 Å². The molecule has 0 aromatic carbocycles. The number of rotatable bonds is 5. The molecule has 0 radical (unpaired) electrons. The van der Waals surface area contributed by atoms with Gasteiger partial charge in [-0.2, -0.15) is 0 Å². The molecule has 4 heteroatoms. The van der Waals surface area contributed by atoms with E-state index in [1.54, 1.807) is 0 Å². The highest BCUT2D eigenvalue weighted by Gasteiger charge is 2.28. The number of hydrogen-bond donors (Lipinski definition) is 0. The first-order valence-corrected chi connectivity index (χ1v) is 7.97. The van der Waals surface area contributed by atoms with Crippen LogP contribution in [-0.2, 0) is 14.3 Å².